The molecule has 0 saturated carbocycles. The van der Waals surface area contributed by atoms with Crippen LogP contribution in [0.5, 0.6) is 0 Å². The molecule has 2 N–H and O–H groups in total. The molecule has 0 radical (unpaired) electrons. The zero-order valence-corrected chi connectivity index (χ0v) is 11.6. The maximum absolute atomic E-state index is 12.0. The molecule has 2 aromatic rings. The molecule has 1 atom stereocenters. The Morgan fingerprint density at radius 1 is 1.35 bits per heavy atom. The average molecular weight is 270 g/mol. The number of rotatable bonds is 4. The van der Waals surface area contributed by atoms with Crippen LogP contribution >= 0.6 is 0 Å². The van der Waals surface area contributed by atoms with Crippen molar-refractivity contribution in [1.29, 1.82) is 0 Å². The molecule has 4 heteroatoms. The minimum atomic E-state index is -1.15. The van der Waals surface area contributed by atoms with E-state index in [0.29, 0.717) is 12.1 Å². The molecule has 2 rings (SSSR count). The molecule has 0 spiro atoms. The van der Waals surface area contributed by atoms with Crippen molar-refractivity contribution < 1.29 is 9.90 Å². The molecule has 0 aliphatic rings. The van der Waals surface area contributed by atoms with Crippen LogP contribution in [0.15, 0.2) is 42.7 Å². The standard InChI is InChI=1S/C16H18N2O2/c1-11-5-6-14(12(2)8-11)15(19)16(20)18-10-13-4-3-7-17-9-13/h3-9,15,19H,10H2,1-2H3,(H,18,20). The first kappa shape index (κ1) is 14.2. The first-order valence-corrected chi connectivity index (χ1v) is 6.50. The lowest BCUT2D eigenvalue weighted by molar-refractivity contribution is -0.129. The first-order valence-electron chi connectivity index (χ1n) is 6.50. The molecule has 0 aliphatic carbocycles. The van der Waals surface area contributed by atoms with Crippen molar-refractivity contribution in [3.05, 3.63) is 65.0 Å². The van der Waals surface area contributed by atoms with Gasteiger partial charge in [0.25, 0.3) is 5.91 Å². The van der Waals surface area contributed by atoms with Gasteiger partial charge in [0, 0.05) is 18.9 Å². The minimum Gasteiger partial charge on any atom is -0.378 e. The van der Waals surface area contributed by atoms with Gasteiger partial charge in [-0.25, -0.2) is 0 Å². The Bertz CT molecular complexity index is 597. The Hall–Kier alpha value is -2.20. The quantitative estimate of drug-likeness (QED) is 0.893. The van der Waals surface area contributed by atoms with E-state index in [1.165, 1.54) is 0 Å². The first-order chi connectivity index (χ1) is 9.58. The number of benzene rings is 1. The summed E-state index contributed by atoms with van der Waals surface area (Å²) in [6, 6.07) is 9.31. The number of hydrogen-bond donors (Lipinski definition) is 2. The highest BCUT2D eigenvalue weighted by molar-refractivity contribution is 5.82. The maximum atomic E-state index is 12.0. The minimum absolute atomic E-state index is 0.356. The molecular formula is C16H18N2O2. The van der Waals surface area contributed by atoms with Crippen LogP contribution in [0.2, 0.25) is 0 Å². The summed E-state index contributed by atoms with van der Waals surface area (Å²) in [6.45, 7) is 4.22. The highest BCUT2D eigenvalue weighted by Gasteiger charge is 2.18. The second kappa shape index (κ2) is 6.30. The summed E-state index contributed by atoms with van der Waals surface area (Å²) in [7, 11) is 0. The second-order valence-electron chi connectivity index (χ2n) is 4.84. The molecular weight excluding hydrogens is 252 g/mol. The fourth-order valence-electron chi connectivity index (χ4n) is 2.06. The number of carbonyl (C=O) groups is 1. The SMILES string of the molecule is Cc1ccc(C(O)C(=O)NCc2cccnc2)c(C)c1. The molecule has 4 nitrogen and oxygen atoms in total. The maximum Gasteiger partial charge on any atom is 0.253 e. The molecule has 0 fully saturated rings. The van der Waals surface area contributed by atoms with Crippen LogP contribution in [0.3, 0.4) is 0 Å². The monoisotopic (exact) mass is 270 g/mol. The van der Waals surface area contributed by atoms with E-state index in [2.05, 4.69) is 10.3 Å². The molecule has 1 aromatic carbocycles. The van der Waals surface area contributed by atoms with Gasteiger partial charge in [0.05, 0.1) is 0 Å². The molecule has 0 aliphatic heterocycles. The van der Waals surface area contributed by atoms with Crippen molar-refractivity contribution in [3.63, 3.8) is 0 Å². The van der Waals surface area contributed by atoms with E-state index < -0.39 is 12.0 Å². The van der Waals surface area contributed by atoms with E-state index in [9.17, 15) is 9.90 Å². The topological polar surface area (TPSA) is 62.2 Å². The number of aryl methyl sites for hydroxylation is 2. The van der Waals surface area contributed by atoms with Crippen LogP contribution in [-0.4, -0.2) is 16.0 Å². The predicted octanol–water partition coefficient (Wildman–Crippen LogP) is 2.05. The fourth-order valence-corrected chi connectivity index (χ4v) is 2.06. The van der Waals surface area contributed by atoms with Gasteiger partial charge < -0.3 is 10.4 Å². The van der Waals surface area contributed by atoms with Gasteiger partial charge in [-0.3, -0.25) is 9.78 Å². The highest BCUT2D eigenvalue weighted by Crippen LogP contribution is 2.19. The lowest BCUT2D eigenvalue weighted by Crippen LogP contribution is -2.29. The number of aliphatic hydroxyl groups excluding tert-OH is 1. The highest BCUT2D eigenvalue weighted by atomic mass is 16.3. The van der Waals surface area contributed by atoms with Crippen molar-refractivity contribution in [2.24, 2.45) is 0 Å². The number of amides is 1. The Morgan fingerprint density at radius 2 is 2.15 bits per heavy atom. The molecule has 0 saturated heterocycles. The Labute approximate surface area is 118 Å². The number of aliphatic hydroxyl groups is 1. The third kappa shape index (κ3) is 3.42. The normalized spacial score (nSPS) is 11.9. The van der Waals surface area contributed by atoms with Crippen LogP contribution in [0.25, 0.3) is 0 Å². The molecule has 1 aromatic heterocycles. The van der Waals surface area contributed by atoms with Crippen LogP contribution < -0.4 is 5.32 Å². The Morgan fingerprint density at radius 3 is 2.80 bits per heavy atom. The molecule has 1 amide bonds. The lowest BCUT2D eigenvalue weighted by atomic mass is 10.0. The van der Waals surface area contributed by atoms with Gasteiger partial charge in [-0.2, -0.15) is 0 Å². The van der Waals surface area contributed by atoms with Gasteiger partial charge in [-0.1, -0.05) is 29.8 Å². The van der Waals surface area contributed by atoms with E-state index in [1.807, 2.05) is 38.1 Å². The van der Waals surface area contributed by atoms with E-state index in [1.54, 1.807) is 18.5 Å². The van der Waals surface area contributed by atoms with E-state index in [0.717, 1.165) is 16.7 Å². The number of nitrogens with one attached hydrogen (secondary N) is 1. The molecule has 1 heterocycles. The number of hydrogen-bond acceptors (Lipinski definition) is 3. The summed E-state index contributed by atoms with van der Waals surface area (Å²) in [5.74, 6) is -0.402. The lowest BCUT2D eigenvalue weighted by Gasteiger charge is -2.14. The average Bonchev–Trinajstić information content (AvgIpc) is 2.45. The summed E-state index contributed by atoms with van der Waals surface area (Å²) in [6.07, 6.45) is 2.21. The summed E-state index contributed by atoms with van der Waals surface area (Å²) < 4.78 is 0. The van der Waals surface area contributed by atoms with Crippen LogP contribution in [0.1, 0.15) is 28.4 Å². The number of pyridine rings is 1. The second-order valence-corrected chi connectivity index (χ2v) is 4.84. The van der Waals surface area contributed by atoms with Crippen LogP contribution in [0, 0.1) is 13.8 Å². The molecule has 104 valence electrons. The fraction of sp³-hybridized carbons (Fsp3) is 0.250. The predicted molar refractivity (Wildman–Crippen MR) is 77.0 cm³/mol. The molecule has 0 bridgehead atoms. The smallest absolute Gasteiger partial charge is 0.253 e. The van der Waals surface area contributed by atoms with Crippen LogP contribution in [-0.2, 0) is 11.3 Å². The van der Waals surface area contributed by atoms with Crippen molar-refractivity contribution >= 4 is 5.91 Å². The Kier molecular flexibility index (Phi) is 4.48. The summed E-state index contributed by atoms with van der Waals surface area (Å²) in [5.41, 5.74) is 3.55. The van der Waals surface area contributed by atoms with Crippen LogP contribution in [0.4, 0.5) is 0 Å². The zero-order valence-electron chi connectivity index (χ0n) is 11.6. The van der Waals surface area contributed by atoms with Crippen molar-refractivity contribution in [2.75, 3.05) is 0 Å². The summed E-state index contributed by atoms with van der Waals surface area (Å²) in [5, 5.41) is 12.8. The third-order valence-corrected chi connectivity index (χ3v) is 3.16. The number of carbonyl (C=O) groups excluding carboxylic acids is 1. The van der Waals surface area contributed by atoms with Crippen molar-refractivity contribution in [1.82, 2.24) is 10.3 Å². The summed E-state index contributed by atoms with van der Waals surface area (Å²) in [4.78, 5) is 15.9. The van der Waals surface area contributed by atoms with Gasteiger partial charge in [-0.15, -0.1) is 0 Å². The summed E-state index contributed by atoms with van der Waals surface area (Å²) >= 11 is 0. The molecule has 1 unspecified atom stereocenters. The van der Waals surface area contributed by atoms with E-state index in [-0.39, 0.29) is 0 Å². The van der Waals surface area contributed by atoms with Crippen molar-refractivity contribution in [2.45, 2.75) is 26.5 Å². The largest absolute Gasteiger partial charge is 0.378 e. The van der Waals surface area contributed by atoms with Gasteiger partial charge in [0.15, 0.2) is 6.10 Å². The van der Waals surface area contributed by atoms with E-state index in [4.69, 9.17) is 0 Å². The van der Waals surface area contributed by atoms with Gasteiger partial charge in [0.1, 0.15) is 0 Å². The molecule has 20 heavy (non-hydrogen) atoms. The van der Waals surface area contributed by atoms with Gasteiger partial charge in [0.2, 0.25) is 0 Å². The Balaban J connectivity index is 2.01. The van der Waals surface area contributed by atoms with Crippen molar-refractivity contribution in [3.8, 4) is 0 Å². The van der Waals surface area contributed by atoms with Gasteiger partial charge in [-0.05, 0) is 36.6 Å². The number of nitrogens with zero attached hydrogens (tertiary/aromatic N) is 1. The van der Waals surface area contributed by atoms with Gasteiger partial charge >= 0.3 is 0 Å². The zero-order chi connectivity index (χ0) is 14.5. The third-order valence-electron chi connectivity index (χ3n) is 3.16. The van der Waals surface area contributed by atoms with E-state index >= 15 is 0 Å². The number of aromatic nitrogens is 1.